The number of hydrogen-bond donors (Lipinski definition) is 1. The predicted octanol–water partition coefficient (Wildman–Crippen LogP) is 1.04. The summed E-state index contributed by atoms with van der Waals surface area (Å²) in [4.78, 5) is 11.0. The molecule has 0 aliphatic heterocycles. The number of rotatable bonds is 2. The zero-order chi connectivity index (χ0) is 8.27. The predicted molar refractivity (Wildman–Crippen MR) is 39.1 cm³/mol. The van der Waals surface area contributed by atoms with Gasteiger partial charge in [0.05, 0.1) is 12.9 Å². The summed E-state index contributed by atoms with van der Waals surface area (Å²) in [5.41, 5.74) is 5.59. The number of carbonyl (C=O) groups is 1. The van der Waals surface area contributed by atoms with Gasteiger partial charge in [-0.3, -0.25) is 0 Å². The molecular weight excluding hydrogens is 146 g/mol. The van der Waals surface area contributed by atoms with Gasteiger partial charge in [0, 0.05) is 0 Å². The molecule has 1 rings (SSSR count). The first-order valence-corrected chi connectivity index (χ1v) is 3.25. The largest absolute Gasteiger partial charge is 0.462 e. The fourth-order valence-electron chi connectivity index (χ4n) is 0.698. The molecule has 0 aliphatic rings. The second-order valence-corrected chi connectivity index (χ2v) is 1.92. The molecule has 4 nitrogen and oxygen atoms in total. The number of hydrogen-bond acceptors (Lipinski definition) is 4. The smallest absolute Gasteiger partial charge is 0.343 e. The minimum Gasteiger partial charge on any atom is -0.462 e. The van der Waals surface area contributed by atoms with E-state index in [0.717, 1.165) is 0 Å². The Morgan fingerprint density at radius 2 is 2.55 bits per heavy atom. The Hall–Kier alpha value is -1.45. The van der Waals surface area contributed by atoms with Gasteiger partial charge in [0.15, 0.2) is 0 Å². The van der Waals surface area contributed by atoms with Gasteiger partial charge in [0.1, 0.15) is 5.56 Å². The molecule has 1 heterocycles. The summed E-state index contributed by atoms with van der Waals surface area (Å²) in [7, 11) is 0. The molecule has 0 atom stereocenters. The molecule has 4 heteroatoms. The third-order valence-corrected chi connectivity index (χ3v) is 1.19. The molecular formula is C7H9NO3. The van der Waals surface area contributed by atoms with Gasteiger partial charge in [-0.15, -0.1) is 0 Å². The molecule has 60 valence electrons. The lowest BCUT2D eigenvalue weighted by Gasteiger charge is -1.97. The summed E-state index contributed by atoms with van der Waals surface area (Å²) in [6.07, 6.45) is 1.35. The first-order valence-electron chi connectivity index (χ1n) is 3.25. The third-order valence-electron chi connectivity index (χ3n) is 1.19. The van der Waals surface area contributed by atoms with Crippen LogP contribution in [0.4, 0.5) is 5.88 Å². The van der Waals surface area contributed by atoms with Crippen molar-refractivity contribution in [3.8, 4) is 0 Å². The lowest BCUT2D eigenvalue weighted by Crippen LogP contribution is -2.05. The van der Waals surface area contributed by atoms with Crippen molar-refractivity contribution >= 4 is 11.9 Å². The van der Waals surface area contributed by atoms with Gasteiger partial charge >= 0.3 is 5.97 Å². The first-order chi connectivity index (χ1) is 5.25. The minimum absolute atomic E-state index is 0.100. The average molecular weight is 155 g/mol. The third kappa shape index (κ3) is 1.52. The van der Waals surface area contributed by atoms with Crippen LogP contribution in [0.15, 0.2) is 16.7 Å². The van der Waals surface area contributed by atoms with E-state index >= 15 is 0 Å². The Morgan fingerprint density at radius 1 is 1.82 bits per heavy atom. The van der Waals surface area contributed by atoms with Crippen LogP contribution in [-0.4, -0.2) is 12.6 Å². The summed E-state index contributed by atoms with van der Waals surface area (Å²) in [5.74, 6) is -0.345. The van der Waals surface area contributed by atoms with Crippen LogP contribution in [0.5, 0.6) is 0 Å². The molecule has 0 spiro atoms. The van der Waals surface area contributed by atoms with E-state index in [1.807, 2.05) is 0 Å². The second kappa shape index (κ2) is 3.09. The summed E-state index contributed by atoms with van der Waals surface area (Å²) in [6, 6.07) is 1.48. The molecule has 0 saturated carbocycles. The van der Waals surface area contributed by atoms with Gasteiger partial charge in [0.2, 0.25) is 5.88 Å². The van der Waals surface area contributed by atoms with Gasteiger partial charge in [-0.2, -0.15) is 0 Å². The molecule has 0 aromatic carbocycles. The Labute approximate surface area is 63.9 Å². The number of nitrogen functional groups attached to an aromatic ring is 1. The van der Waals surface area contributed by atoms with E-state index in [1.165, 1.54) is 12.3 Å². The fourth-order valence-corrected chi connectivity index (χ4v) is 0.698. The topological polar surface area (TPSA) is 65.5 Å². The van der Waals surface area contributed by atoms with E-state index in [2.05, 4.69) is 4.74 Å². The lowest BCUT2D eigenvalue weighted by atomic mass is 10.3. The molecule has 11 heavy (non-hydrogen) atoms. The zero-order valence-corrected chi connectivity index (χ0v) is 6.16. The molecule has 1 aromatic rings. The number of furan rings is 1. The quantitative estimate of drug-likeness (QED) is 0.648. The second-order valence-electron chi connectivity index (χ2n) is 1.92. The highest BCUT2D eigenvalue weighted by Gasteiger charge is 2.12. The number of carbonyl (C=O) groups excluding carboxylic acids is 1. The van der Waals surface area contributed by atoms with Crippen molar-refractivity contribution in [2.24, 2.45) is 0 Å². The number of ether oxygens (including phenoxy) is 1. The van der Waals surface area contributed by atoms with Crippen LogP contribution in [0.1, 0.15) is 17.3 Å². The van der Waals surface area contributed by atoms with Gasteiger partial charge < -0.3 is 14.9 Å². The van der Waals surface area contributed by atoms with Crippen LogP contribution in [0, 0.1) is 0 Å². The Morgan fingerprint density at radius 3 is 3.00 bits per heavy atom. The highest BCUT2D eigenvalue weighted by Crippen LogP contribution is 2.12. The van der Waals surface area contributed by atoms with E-state index in [0.29, 0.717) is 6.61 Å². The highest BCUT2D eigenvalue weighted by atomic mass is 16.5. The maximum absolute atomic E-state index is 11.0. The number of esters is 1. The number of nitrogens with two attached hydrogens (primary N) is 1. The molecule has 0 radical (unpaired) electrons. The van der Waals surface area contributed by atoms with Crippen LogP contribution in [0.3, 0.4) is 0 Å². The van der Waals surface area contributed by atoms with Crippen molar-refractivity contribution in [2.45, 2.75) is 6.92 Å². The maximum atomic E-state index is 11.0. The fraction of sp³-hybridized carbons (Fsp3) is 0.286. The van der Waals surface area contributed by atoms with Crippen LogP contribution in [-0.2, 0) is 4.74 Å². The zero-order valence-electron chi connectivity index (χ0n) is 6.16. The molecule has 0 amide bonds. The molecule has 2 N–H and O–H groups in total. The average Bonchev–Trinajstić information content (AvgIpc) is 2.36. The lowest BCUT2D eigenvalue weighted by molar-refractivity contribution is 0.0527. The van der Waals surface area contributed by atoms with E-state index in [1.54, 1.807) is 6.92 Å². The van der Waals surface area contributed by atoms with Crippen molar-refractivity contribution in [1.82, 2.24) is 0 Å². The van der Waals surface area contributed by atoms with E-state index in [-0.39, 0.29) is 11.4 Å². The van der Waals surface area contributed by atoms with Crippen LogP contribution in [0.25, 0.3) is 0 Å². The molecule has 0 saturated heterocycles. The van der Waals surface area contributed by atoms with Crippen LogP contribution in [0.2, 0.25) is 0 Å². The minimum atomic E-state index is -0.446. The Kier molecular flexibility index (Phi) is 2.15. The van der Waals surface area contributed by atoms with Gasteiger partial charge in [-0.1, -0.05) is 0 Å². The normalized spacial score (nSPS) is 9.55. The first kappa shape index (κ1) is 7.65. The van der Waals surface area contributed by atoms with Crippen molar-refractivity contribution in [1.29, 1.82) is 0 Å². The van der Waals surface area contributed by atoms with E-state index in [4.69, 9.17) is 10.2 Å². The maximum Gasteiger partial charge on any atom is 0.343 e. The molecule has 0 aliphatic carbocycles. The molecule has 1 aromatic heterocycles. The summed E-state index contributed by atoms with van der Waals surface area (Å²) >= 11 is 0. The van der Waals surface area contributed by atoms with Gasteiger partial charge in [-0.25, -0.2) is 4.79 Å². The van der Waals surface area contributed by atoms with E-state index in [9.17, 15) is 4.79 Å². The monoisotopic (exact) mass is 155 g/mol. The molecule has 0 unspecified atom stereocenters. The van der Waals surface area contributed by atoms with Crippen LogP contribution < -0.4 is 5.73 Å². The number of anilines is 1. The van der Waals surface area contributed by atoms with Crippen LogP contribution >= 0.6 is 0 Å². The standard InChI is InChI=1S/C7H9NO3/c1-2-10-7(9)5-3-4-11-6(5)8/h3-4H,2,8H2,1H3. The van der Waals surface area contributed by atoms with Crippen molar-refractivity contribution in [3.63, 3.8) is 0 Å². The summed E-state index contributed by atoms with van der Waals surface area (Å²) in [6.45, 7) is 2.07. The summed E-state index contributed by atoms with van der Waals surface area (Å²) < 4.78 is 9.40. The van der Waals surface area contributed by atoms with Gasteiger partial charge in [0.25, 0.3) is 0 Å². The summed E-state index contributed by atoms with van der Waals surface area (Å²) in [5, 5.41) is 0. The Balaban J connectivity index is 2.76. The van der Waals surface area contributed by atoms with E-state index < -0.39 is 5.97 Å². The van der Waals surface area contributed by atoms with Crippen molar-refractivity contribution < 1.29 is 13.9 Å². The SMILES string of the molecule is CCOC(=O)c1ccoc1N. The van der Waals surface area contributed by atoms with Crippen molar-refractivity contribution in [3.05, 3.63) is 17.9 Å². The Bertz CT molecular complexity index is 254. The van der Waals surface area contributed by atoms with Crippen molar-refractivity contribution in [2.75, 3.05) is 12.3 Å². The molecule has 0 fully saturated rings. The van der Waals surface area contributed by atoms with Gasteiger partial charge in [-0.05, 0) is 13.0 Å². The highest BCUT2D eigenvalue weighted by molar-refractivity contribution is 5.93. The molecule has 0 bridgehead atoms.